The lowest BCUT2D eigenvalue weighted by molar-refractivity contribution is -0.136. The van der Waals surface area contributed by atoms with Crippen LogP contribution in [0.2, 0.25) is 0 Å². The van der Waals surface area contributed by atoms with Crippen LogP contribution in [-0.4, -0.2) is 11.8 Å². The van der Waals surface area contributed by atoms with Crippen molar-refractivity contribution in [1.29, 1.82) is 0 Å². The highest BCUT2D eigenvalue weighted by Gasteiger charge is 2.34. The molecule has 0 heterocycles. The maximum absolute atomic E-state index is 13.5. The number of anilines is 2. The minimum Gasteiger partial charge on any atom is -0.325 e. The van der Waals surface area contributed by atoms with Crippen LogP contribution >= 0.6 is 0 Å². The van der Waals surface area contributed by atoms with Crippen molar-refractivity contribution in [2.75, 3.05) is 10.6 Å². The molecule has 0 radical (unpaired) electrons. The van der Waals surface area contributed by atoms with Crippen molar-refractivity contribution in [3.8, 4) is 0 Å². The third-order valence-corrected chi connectivity index (χ3v) is 4.24. The molecule has 0 aliphatic heterocycles. The first-order chi connectivity index (χ1) is 14.6. The van der Waals surface area contributed by atoms with Crippen molar-refractivity contribution in [1.82, 2.24) is 0 Å². The molecule has 0 saturated carbocycles. The van der Waals surface area contributed by atoms with Gasteiger partial charge in [-0.1, -0.05) is 12.1 Å². The lowest BCUT2D eigenvalue weighted by Gasteiger charge is -2.16. The van der Waals surface area contributed by atoms with E-state index in [0.29, 0.717) is 11.6 Å². The first-order valence-electron chi connectivity index (χ1n) is 8.94. The van der Waals surface area contributed by atoms with Gasteiger partial charge in [0.2, 0.25) is 5.91 Å². The molecule has 0 atom stereocenters. The van der Waals surface area contributed by atoms with Gasteiger partial charge in [-0.2, -0.15) is 13.2 Å². The fraction of sp³-hybridized carbons (Fsp3) is 0.0909. The average Bonchev–Trinajstić information content (AvgIpc) is 2.70. The van der Waals surface area contributed by atoms with Crippen molar-refractivity contribution in [3.05, 3.63) is 95.1 Å². The molecule has 4 nitrogen and oxygen atoms in total. The minimum atomic E-state index is -4.81. The van der Waals surface area contributed by atoms with Gasteiger partial charge >= 0.3 is 6.18 Å². The van der Waals surface area contributed by atoms with E-state index in [4.69, 9.17) is 0 Å². The second-order valence-electron chi connectivity index (χ2n) is 6.57. The quantitative estimate of drug-likeness (QED) is 0.527. The topological polar surface area (TPSA) is 58.2 Å². The average molecular weight is 434 g/mol. The van der Waals surface area contributed by atoms with E-state index in [1.165, 1.54) is 30.3 Å². The monoisotopic (exact) mass is 434 g/mol. The molecule has 0 spiro atoms. The van der Waals surface area contributed by atoms with E-state index in [0.717, 1.165) is 30.3 Å². The van der Waals surface area contributed by atoms with Crippen LogP contribution in [0.5, 0.6) is 0 Å². The smallest absolute Gasteiger partial charge is 0.325 e. The van der Waals surface area contributed by atoms with Crippen LogP contribution in [0.25, 0.3) is 0 Å². The fourth-order valence-corrected chi connectivity index (χ4v) is 2.75. The van der Waals surface area contributed by atoms with E-state index in [1.54, 1.807) is 0 Å². The number of nitrogens with one attached hydrogen (secondary N) is 2. The van der Waals surface area contributed by atoms with Crippen molar-refractivity contribution in [2.45, 2.75) is 12.6 Å². The lowest BCUT2D eigenvalue weighted by Crippen LogP contribution is -2.19. The zero-order valence-corrected chi connectivity index (χ0v) is 15.8. The molecule has 0 bridgehead atoms. The normalized spacial score (nSPS) is 11.1. The predicted molar refractivity (Wildman–Crippen MR) is 105 cm³/mol. The number of hydrogen-bond donors (Lipinski definition) is 2. The number of carbonyl (C=O) groups is 2. The van der Waals surface area contributed by atoms with Crippen molar-refractivity contribution >= 4 is 23.2 Å². The van der Waals surface area contributed by atoms with Gasteiger partial charge in [0.05, 0.1) is 17.7 Å². The first kappa shape index (κ1) is 21.9. The summed E-state index contributed by atoms with van der Waals surface area (Å²) in [5.74, 6) is -2.50. The molecule has 31 heavy (non-hydrogen) atoms. The second-order valence-corrected chi connectivity index (χ2v) is 6.57. The van der Waals surface area contributed by atoms with Crippen LogP contribution in [0.4, 0.5) is 33.3 Å². The Morgan fingerprint density at radius 3 is 1.94 bits per heavy atom. The van der Waals surface area contributed by atoms with Gasteiger partial charge in [0.15, 0.2) is 0 Å². The first-order valence-corrected chi connectivity index (χ1v) is 8.94. The van der Waals surface area contributed by atoms with E-state index in [-0.39, 0.29) is 17.7 Å². The van der Waals surface area contributed by atoms with Gasteiger partial charge in [-0.15, -0.1) is 0 Å². The largest absolute Gasteiger partial charge is 0.418 e. The number of hydrogen-bond acceptors (Lipinski definition) is 2. The highest BCUT2D eigenvalue weighted by atomic mass is 19.4. The molecule has 0 fully saturated rings. The molecule has 160 valence electrons. The molecule has 0 saturated heterocycles. The third-order valence-electron chi connectivity index (χ3n) is 4.24. The van der Waals surface area contributed by atoms with Gasteiger partial charge in [0.25, 0.3) is 5.91 Å². The lowest BCUT2D eigenvalue weighted by atomic mass is 10.1. The van der Waals surface area contributed by atoms with Crippen molar-refractivity contribution in [3.63, 3.8) is 0 Å². The van der Waals surface area contributed by atoms with Crippen LogP contribution in [-0.2, 0) is 17.4 Å². The summed E-state index contributed by atoms with van der Waals surface area (Å²) >= 11 is 0. The number of amides is 2. The molecular formula is C22H15F5N2O2. The van der Waals surface area contributed by atoms with Crippen molar-refractivity contribution < 1.29 is 31.5 Å². The maximum atomic E-state index is 13.5. The Bertz CT molecular complexity index is 1090. The molecule has 3 aromatic rings. The number of alkyl halides is 3. The molecule has 3 rings (SSSR count). The fourth-order valence-electron chi connectivity index (χ4n) is 2.75. The highest BCUT2D eigenvalue weighted by molar-refractivity contribution is 6.04. The van der Waals surface area contributed by atoms with Crippen LogP contribution in [0, 0.1) is 11.6 Å². The van der Waals surface area contributed by atoms with E-state index in [1.807, 2.05) is 0 Å². The Hall–Kier alpha value is -3.75. The highest BCUT2D eigenvalue weighted by Crippen LogP contribution is 2.36. The van der Waals surface area contributed by atoms with Gasteiger partial charge in [-0.25, -0.2) is 8.78 Å². The maximum Gasteiger partial charge on any atom is 0.418 e. The summed E-state index contributed by atoms with van der Waals surface area (Å²) in [6.07, 6.45) is -5.06. The van der Waals surface area contributed by atoms with Crippen LogP contribution in [0.1, 0.15) is 21.5 Å². The molecule has 2 amide bonds. The summed E-state index contributed by atoms with van der Waals surface area (Å²) in [6, 6.07) is 12.4. The van der Waals surface area contributed by atoms with Crippen LogP contribution < -0.4 is 10.6 Å². The van der Waals surface area contributed by atoms with E-state index in [2.05, 4.69) is 10.6 Å². The number of carbonyl (C=O) groups excluding carboxylic acids is 2. The SMILES string of the molecule is O=C(Cc1ccc(F)cc1)Nc1ccc(NC(=O)c2ccc(F)cc2)cc1C(F)(F)F. The summed E-state index contributed by atoms with van der Waals surface area (Å²) in [5, 5.41) is 4.50. The second kappa shape index (κ2) is 8.95. The standard InChI is InChI=1S/C22H15F5N2O2/c23-15-5-1-13(2-6-15)11-20(30)29-19-10-9-17(12-18(19)22(25,26)27)28-21(31)14-3-7-16(24)8-4-14/h1-10,12H,11H2,(H,28,31)(H,29,30). The molecule has 9 heteroatoms. The molecule has 3 aromatic carbocycles. The van der Waals surface area contributed by atoms with Gasteiger partial charge in [0, 0.05) is 11.3 Å². The summed E-state index contributed by atoms with van der Waals surface area (Å²) in [5.41, 5.74) is -1.31. The summed E-state index contributed by atoms with van der Waals surface area (Å²) in [7, 11) is 0. The molecule has 0 aliphatic rings. The zero-order chi connectivity index (χ0) is 22.6. The Morgan fingerprint density at radius 2 is 1.35 bits per heavy atom. The predicted octanol–water partition coefficient (Wildman–Crippen LogP) is 5.42. The van der Waals surface area contributed by atoms with Crippen molar-refractivity contribution in [2.24, 2.45) is 0 Å². The van der Waals surface area contributed by atoms with Crippen LogP contribution in [0.15, 0.2) is 66.7 Å². The number of rotatable bonds is 5. The third kappa shape index (κ3) is 5.88. The van der Waals surface area contributed by atoms with Gasteiger partial charge in [-0.3, -0.25) is 9.59 Å². The van der Waals surface area contributed by atoms with Gasteiger partial charge in [-0.05, 0) is 60.2 Å². The molecule has 2 N–H and O–H groups in total. The van der Waals surface area contributed by atoms with Crippen LogP contribution in [0.3, 0.4) is 0 Å². The Morgan fingerprint density at radius 1 is 0.774 bits per heavy atom. The molecular weight excluding hydrogens is 419 g/mol. The number of benzene rings is 3. The summed E-state index contributed by atoms with van der Waals surface area (Å²) in [6.45, 7) is 0. The van der Waals surface area contributed by atoms with E-state index < -0.39 is 40.9 Å². The van der Waals surface area contributed by atoms with Gasteiger partial charge in [0.1, 0.15) is 11.6 Å². The Labute approximate surface area is 173 Å². The minimum absolute atomic E-state index is 0.0617. The number of halogens is 5. The Kier molecular flexibility index (Phi) is 6.33. The zero-order valence-electron chi connectivity index (χ0n) is 15.8. The summed E-state index contributed by atoms with van der Waals surface area (Å²) < 4.78 is 66.4. The van der Waals surface area contributed by atoms with E-state index in [9.17, 15) is 31.5 Å². The molecule has 0 aromatic heterocycles. The summed E-state index contributed by atoms with van der Waals surface area (Å²) in [4.78, 5) is 24.3. The molecule has 0 aliphatic carbocycles. The Balaban J connectivity index is 1.78. The van der Waals surface area contributed by atoms with E-state index >= 15 is 0 Å². The molecule has 0 unspecified atom stereocenters. The van der Waals surface area contributed by atoms with Gasteiger partial charge < -0.3 is 10.6 Å².